The Bertz CT molecular complexity index is 510. The van der Waals surface area contributed by atoms with Crippen molar-refractivity contribution in [2.45, 2.75) is 45.3 Å². The molecule has 1 aliphatic rings. The number of halogens is 1. The molecule has 0 bridgehead atoms. The van der Waals surface area contributed by atoms with Gasteiger partial charge in [0.05, 0.1) is 19.3 Å². The number of nitrogens with zero attached hydrogens (tertiary/aromatic N) is 1. The maximum absolute atomic E-state index is 6.00. The molecule has 1 fully saturated rings. The molecule has 1 aromatic carbocycles. The Balaban J connectivity index is 0.00000364. The smallest absolute Gasteiger partial charge is 0.191 e. The van der Waals surface area contributed by atoms with Crippen molar-refractivity contribution in [3.8, 4) is 5.75 Å². The minimum absolute atomic E-state index is 0. The highest BCUT2D eigenvalue weighted by atomic mass is 127. The zero-order valence-electron chi connectivity index (χ0n) is 16.5. The van der Waals surface area contributed by atoms with E-state index < -0.39 is 0 Å². The topological polar surface area (TPSA) is 64.1 Å². The van der Waals surface area contributed by atoms with Gasteiger partial charge in [-0.15, -0.1) is 24.0 Å². The van der Waals surface area contributed by atoms with Crippen molar-refractivity contribution in [2.75, 3.05) is 39.5 Å². The van der Waals surface area contributed by atoms with Crippen molar-refractivity contribution in [1.29, 1.82) is 0 Å². The summed E-state index contributed by atoms with van der Waals surface area (Å²) in [5.41, 5.74) is 0. The van der Waals surface area contributed by atoms with Gasteiger partial charge >= 0.3 is 0 Å². The van der Waals surface area contributed by atoms with Crippen molar-refractivity contribution >= 4 is 29.9 Å². The lowest BCUT2D eigenvalue weighted by molar-refractivity contribution is 0.0420. The Hall–Kier alpha value is -1.06. The van der Waals surface area contributed by atoms with Crippen LogP contribution < -0.4 is 15.4 Å². The van der Waals surface area contributed by atoms with Gasteiger partial charge in [-0.1, -0.05) is 25.1 Å². The molecule has 1 saturated heterocycles. The minimum atomic E-state index is 0. The number of para-hydroxylation sites is 1. The first kappa shape index (κ1) is 24.0. The number of benzene rings is 1. The third-order valence-corrected chi connectivity index (χ3v) is 4.15. The number of hydrogen-bond acceptors (Lipinski definition) is 4. The van der Waals surface area contributed by atoms with Gasteiger partial charge in [0.15, 0.2) is 5.96 Å². The summed E-state index contributed by atoms with van der Waals surface area (Å²) in [4.78, 5) is 4.66. The Morgan fingerprint density at radius 3 is 2.74 bits per heavy atom. The fourth-order valence-electron chi connectivity index (χ4n) is 2.65. The summed E-state index contributed by atoms with van der Waals surface area (Å²) >= 11 is 0. The van der Waals surface area contributed by atoms with Crippen LogP contribution in [0.3, 0.4) is 0 Å². The summed E-state index contributed by atoms with van der Waals surface area (Å²) in [7, 11) is 0. The number of nitrogens with one attached hydrogen (secondary N) is 2. The van der Waals surface area contributed by atoms with E-state index in [1.807, 2.05) is 30.3 Å². The van der Waals surface area contributed by atoms with Crippen LogP contribution in [0.4, 0.5) is 0 Å². The molecule has 2 rings (SSSR count). The minimum Gasteiger partial charge on any atom is -0.489 e. The molecule has 0 spiro atoms. The van der Waals surface area contributed by atoms with Crippen molar-refractivity contribution in [3.05, 3.63) is 30.3 Å². The molecule has 2 atom stereocenters. The third-order valence-electron chi connectivity index (χ3n) is 4.15. The molecular formula is C20H34IN3O3. The number of hydrogen-bond donors (Lipinski definition) is 2. The van der Waals surface area contributed by atoms with E-state index in [4.69, 9.17) is 14.2 Å². The van der Waals surface area contributed by atoms with Crippen molar-refractivity contribution in [1.82, 2.24) is 10.6 Å². The van der Waals surface area contributed by atoms with Crippen LogP contribution in [-0.4, -0.2) is 57.6 Å². The standard InChI is InChI=1S/C20H33N3O3.HI/c1-3-17(26-18-9-6-5-7-10-18)15-23-20(21-4-2)22-12-8-13-25-19-11-14-24-16-19;/h5-7,9-10,17,19H,3-4,8,11-16H2,1-2H3,(H2,21,22,23);1H. The molecule has 0 aliphatic carbocycles. The number of guanidine groups is 1. The van der Waals surface area contributed by atoms with Gasteiger partial charge in [0.1, 0.15) is 11.9 Å². The lowest BCUT2D eigenvalue weighted by atomic mass is 10.2. The van der Waals surface area contributed by atoms with Crippen LogP contribution in [0.2, 0.25) is 0 Å². The second kappa shape index (κ2) is 14.9. The lowest BCUT2D eigenvalue weighted by Crippen LogP contribution is -2.39. The molecule has 0 amide bonds. The molecule has 6 nitrogen and oxygen atoms in total. The highest BCUT2D eigenvalue weighted by molar-refractivity contribution is 14.0. The molecule has 0 radical (unpaired) electrons. The summed E-state index contributed by atoms with van der Waals surface area (Å²) in [6, 6.07) is 9.91. The maximum atomic E-state index is 6.00. The Kier molecular flexibility index (Phi) is 13.3. The lowest BCUT2D eigenvalue weighted by Gasteiger charge is -2.17. The van der Waals surface area contributed by atoms with E-state index >= 15 is 0 Å². The summed E-state index contributed by atoms with van der Waals surface area (Å²) in [6.07, 6.45) is 3.21. The SMILES string of the molecule is CCNC(=NCC(CC)Oc1ccccc1)NCCCOC1CCOC1.I. The van der Waals surface area contributed by atoms with E-state index in [0.717, 1.165) is 63.9 Å². The van der Waals surface area contributed by atoms with Gasteiger partial charge in [0.25, 0.3) is 0 Å². The maximum Gasteiger partial charge on any atom is 0.191 e. The van der Waals surface area contributed by atoms with Gasteiger partial charge in [0, 0.05) is 26.3 Å². The van der Waals surface area contributed by atoms with Crippen molar-refractivity contribution in [3.63, 3.8) is 0 Å². The summed E-state index contributed by atoms with van der Waals surface area (Å²) in [6.45, 7) is 8.77. The molecule has 2 N–H and O–H groups in total. The third kappa shape index (κ3) is 10.2. The van der Waals surface area contributed by atoms with E-state index in [2.05, 4.69) is 29.5 Å². The number of aliphatic imine (C=N–C) groups is 1. The summed E-state index contributed by atoms with van der Waals surface area (Å²) in [5, 5.41) is 6.64. The monoisotopic (exact) mass is 491 g/mol. The zero-order valence-corrected chi connectivity index (χ0v) is 18.8. The first-order valence-electron chi connectivity index (χ1n) is 9.75. The molecule has 154 valence electrons. The van der Waals surface area contributed by atoms with Crippen LogP contribution in [0.15, 0.2) is 35.3 Å². The normalized spacial score (nSPS) is 17.9. The van der Waals surface area contributed by atoms with E-state index in [1.165, 1.54) is 0 Å². The first-order valence-corrected chi connectivity index (χ1v) is 9.75. The summed E-state index contributed by atoms with van der Waals surface area (Å²) < 4.78 is 17.1. The van der Waals surface area contributed by atoms with Crippen molar-refractivity contribution < 1.29 is 14.2 Å². The highest BCUT2D eigenvalue weighted by Gasteiger charge is 2.15. The quantitative estimate of drug-likeness (QED) is 0.216. The molecule has 0 aromatic heterocycles. The van der Waals surface area contributed by atoms with Gasteiger partial charge < -0.3 is 24.8 Å². The van der Waals surface area contributed by atoms with Gasteiger partial charge in [-0.3, -0.25) is 0 Å². The van der Waals surface area contributed by atoms with Gasteiger partial charge in [-0.2, -0.15) is 0 Å². The largest absolute Gasteiger partial charge is 0.489 e. The molecule has 27 heavy (non-hydrogen) atoms. The Morgan fingerprint density at radius 2 is 2.07 bits per heavy atom. The molecule has 1 heterocycles. The average Bonchev–Trinajstić information content (AvgIpc) is 3.19. The number of rotatable bonds is 11. The van der Waals surface area contributed by atoms with Crippen LogP contribution in [0.5, 0.6) is 5.75 Å². The Morgan fingerprint density at radius 1 is 1.26 bits per heavy atom. The van der Waals surface area contributed by atoms with E-state index in [-0.39, 0.29) is 36.2 Å². The predicted octanol–water partition coefficient (Wildman–Crippen LogP) is 3.21. The zero-order chi connectivity index (χ0) is 18.5. The van der Waals surface area contributed by atoms with Crippen LogP contribution in [0, 0.1) is 0 Å². The molecule has 0 saturated carbocycles. The van der Waals surface area contributed by atoms with Crippen LogP contribution in [-0.2, 0) is 9.47 Å². The van der Waals surface area contributed by atoms with E-state index in [1.54, 1.807) is 0 Å². The molecule has 1 aliphatic heterocycles. The van der Waals surface area contributed by atoms with Crippen LogP contribution in [0.25, 0.3) is 0 Å². The first-order chi connectivity index (χ1) is 12.8. The van der Waals surface area contributed by atoms with Gasteiger partial charge in [-0.05, 0) is 38.3 Å². The van der Waals surface area contributed by atoms with Crippen molar-refractivity contribution in [2.24, 2.45) is 4.99 Å². The molecule has 7 heteroatoms. The predicted molar refractivity (Wildman–Crippen MR) is 120 cm³/mol. The van der Waals surface area contributed by atoms with E-state index in [0.29, 0.717) is 6.54 Å². The van der Waals surface area contributed by atoms with E-state index in [9.17, 15) is 0 Å². The van der Waals surface area contributed by atoms with Gasteiger partial charge in [-0.25, -0.2) is 4.99 Å². The average molecular weight is 491 g/mol. The second-order valence-corrected chi connectivity index (χ2v) is 6.32. The molecule has 2 unspecified atom stereocenters. The fourth-order valence-corrected chi connectivity index (χ4v) is 2.65. The van der Waals surface area contributed by atoms with Gasteiger partial charge in [0.2, 0.25) is 0 Å². The summed E-state index contributed by atoms with van der Waals surface area (Å²) in [5.74, 6) is 1.72. The second-order valence-electron chi connectivity index (χ2n) is 6.32. The highest BCUT2D eigenvalue weighted by Crippen LogP contribution is 2.12. The Labute approximate surface area is 180 Å². The van der Waals surface area contributed by atoms with Crippen LogP contribution >= 0.6 is 24.0 Å². The van der Waals surface area contributed by atoms with Crippen LogP contribution in [0.1, 0.15) is 33.1 Å². The molecular weight excluding hydrogens is 457 g/mol. The molecule has 1 aromatic rings. The number of ether oxygens (including phenoxy) is 3. The fraction of sp³-hybridized carbons (Fsp3) is 0.650.